The van der Waals surface area contributed by atoms with Gasteiger partial charge in [-0.3, -0.25) is 0 Å². The number of phenols is 1. The van der Waals surface area contributed by atoms with Crippen LogP contribution in [0.25, 0.3) is 0 Å². The van der Waals surface area contributed by atoms with Gasteiger partial charge in [0.25, 0.3) is 0 Å². The summed E-state index contributed by atoms with van der Waals surface area (Å²) in [4.78, 5) is 0. The van der Waals surface area contributed by atoms with Gasteiger partial charge in [-0.05, 0) is 18.4 Å². The molecule has 1 aromatic carbocycles. The first-order valence-electron chi connectivity index (χ1n) is 5.03. The lowest BCUT2D eigenvalue weighted by atomic mass is 9.96. The molecule has 0 spiro atoms. The largest absolute Gasteiger partial charge is 0.503 e. The van der Waals surface area contributed by atoms with Crippen LogP contribution in [-0.2, 0) is 6.42 Å². The van der Waals surface area contributed by atoms with Gasteiger partial charge in [0.05, 0.1) is 18.7 Å². The van der Waals surface area contributed by atoms with E-state index >= 15 is 0 Å². The van der Waals surface area contributed by atoms with Crippen molar-refractivity contribution < 1.29 is 14.9 Å². The maximum Gasteiger partial charge on any atom is 0.176 e. The zero-order chi connectivity index (χ0) is 12.8. The monoisotopic (exact) mass is 232 g/mol. The summed E-state index contributed by atoms with van der Waals surface area (Å²) in [7, 11) is 1.35. The number of nitrogens with zero attached hydrogens (tertiary/aromatic N) is 2. The average molecular weight is 232 g/mol. The van der Waals surface area contributed by atoms with Gasteiger partial charge in [-0.15, -0.1) is 0 Å². The molecule has 0 aliphatic carbocycles. The second kappa shape index (κ2) is 5.74. The highest BCUT2D eigenvalue weighted by molar-refractivity contribution is 5.61. The van der Waals surface area contributed by atoms with Gasteiger partial charge in [0.2, 0.25) is 0 Å². The molecule has 5 heteroatoms. The van der Waals surface area contributed by atoms with Crippen LogP contribution in [0.15, 0.2) is 6.07 Å². The Kier molecular flexibility index (Phi) is 4.33. The van der Waals surface area contributed by atoms with E-state index in [0.717, 1.165) is 0 Å². The van der Waals surface area contributed by atoms with Crippen molar-refractivity contribution in [1.29, 1.82) is 10.5 Å². The highest BCUT2D eigenvalue weighted by Crippen LogP contribution is 2.34. The molecule has 88 valence electrons. The standard InChI is InChI=1S/C12H12N2O3/c1-17-11-5-8(6-13)9(3-2-4-15)10(7-14)12(11)16/h5,15-16H,2-4H2,1H3. The smallest absolute Gasteiger partial charge is 0.176 e. The maximum atomic E-state index is 9.77. The van der Waals surface area contributed by atoms with E-state index < -0.39 is 0 Å². The first kappa shape index (κ1) is 12.8. The molecule has 0 atom stereocenters. The third kappa shape index (κ3) is 2.47. The molecule has 0 aliphatic rings. The summed E-state index contributed by atoms with van der Waals surface area (Å²) in [5, 5.41) is 36.5. The van der Waals surface area contributed by atoms with E-state index in [1.165, 1.54) is 13.2 Å². The van der Waals surface area contributed by atoms with E-state index in [4.69, 9.17) is 20.4 Å². The van der Waals surface area contributed by atoms with E-state index in [1.54, 1.807) is 0 Å². The SMILES string of the molecule is COc1cc(C#N)c(CCCO)c(C#N)c1O. The van der Waals surface area contributed by atoms with Crippen molar-refractivity contribution in [3.63, 3.8) is 0 Å². The number of ether oxygens (including phenoxy) is 1. The van der Waals surface area contributed by atoms with Crippen LogP contribution >= 0.6 is 0 Å². The Balaban J connectivity index is 3.41. The fraction of sp³-hybridized carbons (Fsp3) is 0.333. The summed E-state index contributed by atoms with van der Waals surface area (Å²) in [6, 6.07) is 5.21. The Morgan fingerprint density at radius 2 is 2.06 bits per heavy atom. The predicted octanol–water partition coefficient (Wildman–Crippen LogP) is 1.07. The fourth-order valence-corrected chi connectivity index (χ4v) is 1.58. The van der Waals surface area contributed by atoms with Gasteiger partial charge >= 0.3 is 0 Å². The van der Waals surface area contributed by atoms with Crippen LogP contribution < -0.4 is 4.74 Å². The van der Waals surface area contributed by atoms with Gasteiger partial charge in [0.15, 0.2) is 11.5 Å². The summed E-state index contributed by atoms with van der Waals surface area (Å²) >= 11 is 0. The number of benzene rings is 1. The van der Waals surface area contributed by atoms with E-state index in [1.807, 2.05) is 12.1 Å². The van der Waals surface area contributed by atoms with Gasteiger partial charge in [-0.2, -0.15) is 10.5 Å². The highest BCUT2D eigenvalue weighted by atomic mass is 16.5. The maximum absolute atomic E-state index is 9.77. The van der Waals surface area contributed by atoms with Crippen LogP contribution in [0.4, 0.5) is 0 Å². The molecule has 1 aromatic rings. The molecule has 0 unspecified atom stereocenters. The number of phenolic OH excluding ortho intramolecular Hbond substituents is 1. The molecule has 0 amide bonds. The zero-order valence-corrected chi connectivity index (χ0v) is 9.40. The van der Waals surface area contributed by atoms with E-state index in [-0.39, 0.29) is 29.2 Å². The number of hydrogen-bond acceptors (Lipinski definition) is 5. The lowest BCUT2D eigenvalue weighted by Gasteiger charge is -2.11. The molecule has 2 N–H and O–H groups in total. The molecule has 0 aliphatic heterocycles. The molecule has 5 nitrogen and oxygen atoms in total. The van der Waals surface area contributed by atoms with E-state index in [2.05, 4.69) is 0 Å². The average Bonchev–Trinajstić information content (AvgIpc) is 2.36. The third-order valence-corrected chi connectivity index (χ3v) is 2.41. The zero-order valence-electron chi connectivity index (χ0n) is 9.40. The van der Waals surface area contributed by atoms with Crippen molar-refractivity contribution in [2.45, 2.75) is 12.8 Å². The highest BCUT2D eigenvalue weighted by Gasteiger charge is 2.17. The molecule has 0 saturated carbocycles. The number of aliphatic hydroxyl groups is 1. The minimum atomic E-state index is -0.262. The van der Waals surface area contributed by atoms with Gasteiger partial charge in [-0.25, -0.2) is 0 Å². The van der Waals surface area contributed by atoms with Gasteiger partial charge in [0.1, 0.15) is 11.6 Å². The molecule has 0 fully saturated rings. The molecule has 0 saturated heterocycles. The van der Waals surface area contributed by atoms with Crippen LogP contribution in [0.1, 0.15) is 23.1 Å². The number of rotatable bonds is 4. The normalized spacial score (nSPS) is 9.41. The van der Waals surface area contributed by atoms with E-state index in [0.29, 0.717) is 18.4 Å². The summed E-state index contributed by atoms with van der Waals surface area (Å²) in [6.07, 6.45) is 0.787. The minimum Gasteiger partial charge on any atom is -0.503 e. The lowest BCUT2D eigenvalue weighted by molar-refractivity contribution is 0.288. The Morgan fingerprint density at radius 1 is 1.35 bits per heavy atom. The first-order valence-corrected chi connectivity index (χ1v) is 5.03. The molecular weight excluding hydrogens is 220 g/mol. The van der Waals surface area contributed by atoms with Crippen molar-refractivity contribution in [2.24, 2.45) is 0 Å². The quantitative estimate of drug-likeness (QED) is 0.809. The van der Waals surface area contributed by atoms with Crippen LogP contribution in [0.2, 0.25) is 0 Å². The predicted molar refractivity (Wildman–Crippen MR) is 59.5 cm³/mol. The Morgan fingerprint density at radius 3 is 2.53 bits per heavy atom. The van der Waals surface area contributed by atoms with Crippen LogP contribution in [0.5, 0.6) is 11.5 Å². The molecule has 17 heavy (non-hydrogen) atoms. The molecule has 1 rings (SSSR count). The summed E-state index contributed by atoms with van der Waals surface area (Å²) < 4.78 is 4.89. The van der Waals surface area contributed by atoms with E-state index in [9.17, 15) is 5.11 Å². The second-order valence-corrected chi connectivity index (χ2v) is 3.38. The topological polar surface area (TPSA) is 97.3 Å². The minimum absolute atomic E-state index is 0.0364. The number of aromatic hydroxyl groups is 1. The Bertz CT molecular complexity index is 498. The summed E-state index contributed by atoms with van der Waals surface area (Å²) in [5.74, 6) is -0.159. The van der Waals surface area contributed by atoms with Crippen molar-refractivity contribution in [3.05, 3.63) is 22.8 Å². The van der Waals surface area contributed by atoms with Crippen molar-refractivity contribution >= 4 is 0 Å². The lowest BCUT2D eigenvalue weighted by Crippen LogP contribution is -2.00. The van der Waals surface area contributed by atoms with Gasteiger partial charge in [0, 0.05) is 12.7 Å². The molecular formula is C12H12N2O3. The Hall–Kier alpha value is -2.24. The third-order valence-electron chi connectivity index (χ3n) is 2.41. The summed E-state index contributed by atoms with van der Waals surface area (Å²) in [6.45, 7) is -0.0392. The Labute approximate surface area is 99.1 Å². The molecule has 0 bridgehead atoms. The van der Waals surface area contributed by atoms with Crippen molar-refractivity contribution in [2.75, 3.05) is 13.7 Å². The molecule has 0 radical (unpaired) electrons. The second-order valence-electron chi connectivity index (χ2n) is 3.38. The molecule has 0 aromatic heterocycles. The summed E-state index contributed by atoms with van der Waals surface area (Å²) in [5.41, 5.74) is 0.765. The molecule has 0 heterocycles. The number of hydrogen-bond donors (Lipinski definition) is 2. The fourth-order valence-electron chi connectivity index (χ4n) is 1.58. The number of methoxy groups -OCH3 is 1. The van der Waals surface area contributed by atoms with Crippen LogP contribution in [0, 0.1) is 22.7 Å². The van der Waals surface area contributed by atoms with Crippen molar-refractivity contribution in [3.8, 4) is 23.6 Å². The van der Waals surface area contributed by atoms with Gasteiger partial charge < -0.3 is 14.9 Å². The van der Waals surface area contributed by atoms with Crippen molar-refractivity contribution in [1.82, 2.24) is 0 Å². The van der Waals surface area contributed by atoms with Gasteiger partial charge in [-0.1, -0.05) is 0 Å². The number of aliphatic hydroxyl groups excluding tert-OH is 1. The van der Waals surface area contributed by atoms with Crippen LogP contribution in [-0.4, -0.2) is 23.9 Å². The number of nitriles is 2. The first-order chi connectivity index (χ1) is 8.19. The van der Waals surface area contributed by atoms with Crippen LogP contribution in [0.3, 0.4) is 0 Å².